The van der Waals surface area contributed by atoms with E-state index >= 15 is 0 Å². The van der Waals surface area contributed by atoms with E-state index in [-0.39, 0.29) is 10.9 Å². The second-order valence-electron chi connectivity index (χ2n) is 9.46. The molecule has 3 rings (SSSR count). The van der Waals surface area contributed by atoms with Crippen molar-refractivity contribution in [3.63, 3.8) is 0 Å². The fourth-order valence-corrected chi connectivity index (χ4v) is 4.18. The van der Waals surface area contributed by atoms with Gasteiger partial charge in [-0.05, 0) is 18.1 Å². The maximum Gasteiger partial charge on any atom is 0.345 e. The van der Waals surface area contributed by atoms with Crippen LogP contribution >= 0.6 is 0 Å². The minimum atomic E-state index is -2.15. The van der Waals surface area contributed by atoms with Crippen LogP contribution in [0.15, 0.2) is 11.2 Å². The number of aliphatic imine (C=N–C) groups is 1. The molecule has 0 aliphatic carbocycles. The first-order chi connectivity index (χ1) is 14.4. The van der Waals surface area contributed by atoms with Gasteiger partial charge >= 0.3 is 6.03 Å². The summed E-state index contributed by atoms with van der Waals surface area (Å²) in [5.74, 6) is 0.341. The Balaban J connectivity index is 1.94. The molecule has 1 fully saturated rings. The molecule has 2 bridgehead atoms. The van der Waals surface area contributed by atoms with Crippen LogP contribution < -0.4 is 10.8 Å². The molecular formula is C19H33N7O4Si. The summed E-state index contributed by atoms with van der Waals surface area (Å²) in [5, 5.41) is 18.3. The quantitative estimate of drug-likeness (QED) is 0.199. The topological polar surface area (TPSA) is 124 Å². The van der Waals surface area contributed by atoms with E-state index < -0.39 is 26.4 Å². The lowest BCUT2D eigenvalue weighted by Gasteiger charge is -2.38. The number of rotatable bonds is 6. The molecule has 0 spiro atoms. The number of nitrogens with one attached hydrogen (secondary N) is 2. The minimum absolute atomic E-state index is 0.0207. The Labute approximate surface area is 183 Å². The molecule has 1 aromatic rings. The van der Waals surface area contributed by atoms with Crippen molar-refractivity contribution in [3.8, 4) is 0 Å². The molecule has 2 aliphatic heterocycles. The van der Waals surface area contributed by atoms with Gasteiger partial charge in [0.1, 0.15) is 17.9 Å². The summed E-state index contributed by atoms with van der Waals surface area (Å²) >= 11 is 0. The molecule has 3 heterocycles. The van der Waals surface area contributed by atoms with Crippen LogP contribution in [0.25, 0.3) is 0 Å². The molecule has 0 saturated carbocycles. The third-order valence-electron chi connectivity index (χ3n) is 6.36. The first kappa shape index (κ1) is 23.2. The van der Waals surface area contributed by atoms with Gasteiger partial charge in [-0.2, -0.15) is 10.2 Å². The Morgan fingerprint density at radius 1 is 1.42 bits per heavy atom. The van der Waals surface area contributed by atoms with E-state index in [4.69, 9.17) is 4.53 Å². The van der Waals surface area contributed by atoms with Crippen molar-refractivity contribution in [2.45, 2.75) is 64.5 Å². The van der Waals surface area contributed by atoms with E-state index in [1.807, 2.05) is 0 Å². The number of hydroxylamine groups is 3. The highest BCUT2D eigenvalue weighted by Gasteiger charge is 2.51. The third kappa shape index (κ3) is 4.19. The van der Waals surface area contributed by atoms with Gasteiger partial charge in [0.25, 0.3) is 0 Å². The van der Waals surface area contributed by atoms with Gasteiger partial charge in [0.2, 0.25) is 14.2 Å². The molecule has 2 atom stereocenters. The van der Waals surface area contributed by atoms with Crippen molar-refractivity contribution in [1.82, 2.24) is 30.5 Å². The maximum atomic E-state index is 12.8. The molecule has 0 unspecified atom stereocenters. The fraction of sp³-hybridized carbons (Fsp3) is 0.684. The second kappa shape index (κ2) is 8.24. The van der Waals surface area contributed by atoms with Crippen LogP contribution in [0.5, 0.6) is 0 Å². The molecule has 11 nitrogen and oxygen atoms in total. The van der Waals surface area contributed by atoms with Crippen molar-refractivity contribution < 1.29 is 19.3 Å². The molecule has 31 heavy (non-hydrogen) atoms. The first-order valence-corrected chi connectivity index (χ1v) is 13.3. The molecule has 3 amide bonds. The largest absolute Gasteiger partial charge is 0.354 e. The number of carbonyl (C=O) groups excluding carboxylic acids is 2. The van der Waals surface area contributed by atoms with Gasteiger partial charge < -0.3 is 14.7 Å². The zero-order chi connectivity index (χ0) is 23.1. The highest BCUT2D eigenvalue weighted by molar-refractivity contribution is 6.74. The van der Waals surface area contributed by atoms with Crippen LogP contribution in [-0.2, 0) is 15.9 Å². The summed E-state index contributed by atoms with van der Waals surface area (Å²) in [6, 6.07) is -1.58. The summed E-state index contributed by atoms with van der Waals surface area (Å²) in [6.07, 6.45) is 1.67. The highest BCUT2D eigenvalue weighted by atomic mass is 28.4. The average molecular weight is 452 g/mol. The van der Waals surface area contributed by atoms with Gasteiger partial charge in [0, 0.05) is 26.1 Å². The first-order valence-electron chi connectivity index (χ1n) is 10.4. The zero-order valence-corrected chi connectivity index (χ0v) is 20.3. The van der Waals surface area contributed by atoms with Crippen molar-refractivity contribution in [1.29, 1.82) is 0 Å². The lowest BCUT2D eigenvalue weighted by molar-refractivity contribution is -0.119. The normalized spacial score (nSPS) is 21.4. The minimum Gasteiger partial charge on any atom is -0.354 e. The van der Waals surface area contributed by atoms with Crippen LogP contribution in [0.1, 0.15) is 51.0 Å². The van der Waals surface area contributed by atoms with Crippen molar-refractivity contribution in [3.05, 3.63) is 17.5 Å². The molecule has 1 saturated heterocycles. The Kier molecular flexibility index (Phi) is 6.18. The highest BCUT2D eigenvalue weighted by Crippen LogP contribution is 2.43. The van der Waals surface area contributed by atoms with Gasteiger partial charge in [-0.15, -0.1) is 0 Å². The van der Waals surface area contributed by atoms with Crippen LogP contribution in [0.2, 0.25) is 18.1 Å². The summed E-state index contributed by atoms with van der Waals surface area (Å²) in [4.78, 5) is 30.0. The molecule has 3 N–H and O–H groups in total. The van der Waals surface area contributed by atoms with Crippen LogP contribution in [0, 0.1) is 0 Å². The monoisotopic (exact) mass is 451 g/mol. The summed E-state index contributed by atoms with van der Waals surface area (Å²) in [7, 11) is -0.510. The predicted molar refractivity (Wildman–Crippen MR) is 117 cm³/mol. The standard InChI is InChI=1S/C19H33N7O4Si/c1-12(27)21-8-9-25-15-13(10-22-25)14-11-24(18(28)26(14)29)16(15)17(20-5)23-30-31(6,7)19(2,3)4/h10,14,16,29H,8-9,11H2,1-7H3,(H,20,23)(H,21,27)/t14-,16-/m0/s1. The van der Waals surface area contributed by atoms with Crippen LogP contribution in [-0.4, -0.2) is 71.2 Å². The number of hydrogen-bond donors (Lipinski definition) is 3. The number of amides is 3. The molecule has 1 aromatic heterocycles. The number of nitrogens with zero attached hydrogens (tertiary/aromatic N) is 5. The zero-order valence-electron chi connectivity index (χ0n) is 19.3. The van der Waals surface area contributed by atoms with Crippen LogP contribution in [0.3, 0.4) is 0 Å². The van der Waals surface area contributed by atoms with Crippen molar-refractivity contribution in [2.24, 2.45) is 4.99 Å². The number of amidine groups is 1. The van der Waals surface area contributed by atoms with Gasteiger partial charge in [0.05, 0.1) is 25.0 Å². The Morgan fingerprint density at radius 3 is 2.68 bits per heavy atom. The number of urea groups is 1. The average Bonchev–Trinajstić information content (AvgIpc) is 3.19. The SMILES string of the molecule is CN=C(NO[Si](C)(C)C(C)(C)C)[C@@H]1c2c(cnn2CCNC(C)=O)[C@@H]2CN1C(=O)N2O. The lowest BCUT2D eigenvalue weighted by atomic mass is 9.97. The molecule has 0 radical (unpaired) electrons. The van der Waals surface area contributed by atoms with Gasteiger partial charge in [0.15, 0.2) is 0 Å². The third-order valence-corrected chi connectivity index (χ3v) is 10.6. The van der Waals surface area contributed by atoms with E-state index in [0.29, 0.717) is 25.5 Å². The summed E-state index contributed by atoms with van der Waals surface area (Å²) in [6.45, 7) is 13.2. The van der Waals surface area contributed by atoms with Crippen molar-refractivity contribution in [2.75, 3.05) is 20.1 Å². The number of carbonyl (C=O) groups is 2. The molecule has 12 heteroatoms. The van der Waals surface area contributed by atoms with E-state index in [1.165, 1.54) is 6.92 Å². The number of hydrogen-bond acceptors (Lipinski definition) is 6. The van der Waals surface area contributed by atoms with E-state index in [2.05, 4.69) is 54.8 Å². The molecule has 0 aromatic carbocycles. The summed E-state index contributed by atoms with van der Waals surface area (Å²) < 4.78 is 7.92. The lowest BCUT2D eigenvalue weighted by Crippen LogP contribution is -2.50. The summed E-state index contributed by atoms with van der Waals surface area (Å²) in [5.41, 5.74) is 4.55. The molecule has 2 aliphatic rings. The smallest absolute Gasteiger partial charge is 0.345 e. The van der Waals surface area contributed by atoms with E-state index in [9.17, 15) is 14.8 Å². The Hall–Kier alpha value is -2.44. The Morgan fingerprint density at radius 2 is 2.10 bits per heavy atom. The molecule has 172 valence electrons. The van der Waals surface area contributed by atoms with Gasteiger partial charge in [-0.3, -0.25) is 25.2 Å². The Bertz CT molecular complexity index is 892. The van der Waals surface area contributed by atoms with Crippen molar-refractivity contribution >= 4 is 26.1 Å². The van der Waals surface area contributed by atoms with Gasteiger partial charge in [-0.25, -0.2) is 4.79 Å². The van der Waals surface area contributed by atoms with Crippen LogP contribution in [0.4, 0.5) is 4.79 Å². The van der Waals surface area contributed by atoms with Gasteiger partial charge in [-0.1, -0.05) is 20.8 Å². The number of fused-ring (bicyclic) bond motifs is 4. The van der Waals surface area contributed by atoms with E-state index in [1.54, 1.807) is 22.8 Å². The fourth-order valence-electron chi connectivity index (χ4n) is 3.52. The maximum absolute atomic E-state index is 12.8. The predicted octanol–water partition coefficient (Wildman–Crippen LogP) is 1.80. The number of aromatic nitrogens is 2. The van der Waals surface area contributed by atoms with E-state index in [0.717, 1.165) is 16.3 Å². The molecular weight excluding hydrogens is 418 g/mol. The second-order valence-corrected chi connectivity index (χ2v) is 14.2.